The molecule has 0 saturated carbocycles. The first-order valence-electron chi connectivity index (χ1n) is 4.15. The molecule has 0 atom stereocenters. The summed E-state index contributed by atoms with van der Waals surface area (Å²) in [5.41, 5.74) is -0.599. The first-order valence-corrected chi connectivity index (χ1v) is 4.94. The number of aromatic nitrogens is 1. The molecule has 0 saturated heterocycles. The van der Waals surface area contributed by atoms with Crippen LogP contribution in [0.3, 0.4) is 0 Å². The molecular weight excluding hydrogens is 266 g/mol. The van der Waals surface area contributed by atoms with Gasteiger partial charge >= 0.3 is 11.9 Å². The molecule has 0 spiro atoms. The highest BCUT2D eigenvalue weighted by Crippen LogP contribution is 2.12. The van der Waals surface area contributed by atoms with Crippen molar-refractivity contribution in [1.82, 2.24) is 4.98 Å². The second-order valence-corrected chi connectivity index (χ2v) is 3.08. The number of halogens is 1. The molecule has 1 rings (SSSR count). The van der Waals surface area contributed by atoms with Crippen LogP contribution in [-0.4, -0.2) is 27.1 Å². The van der Waals surface area contributed by atoms with E-state index in [0.717, 1.165) is 0 Å². The number of hydrogen-bond acceptors (Lipinski definition) is 3. The van der Waals surface area contributed by atoms with Crippen molar-refractivity contribution in [3.05, 3.63) is 28.0 Å². The fourth-order valence-corrected chi connectivity index (χ4v) is 1.15. The van der Waals surface area contributed by atoms with E-state index in [1.807, 2.05) is 13.8 Å². The standard InChI is InChI=1S/C7H4BrNO4.C2H6/c8-3-1-4(6(10)11)9-5(2-3)7(12)13;1-2/h1-2H,(H,10,11)(H,12,13);1-2H3. The average Bonchev–Trinajstić information content (AvgIpc) is 2.19. The molecule has 5 nitrogen and oxygen atoms in total. The minimum Gasteiger partial charge on any atom is -0.477 e. The van der Waals surface area contributed by atoms with Crippen LogP contribution in [-0.2, 0) is 0 Å². The van der Waals surface area contributed by atoms with E-state index in [1.54, 1.807) is 0 Å². The molecule has 0 aromatic carbocycles. The SMILES string of the molecule is CC.O=C(O)c1cc(Br)cc(C(=O)O)n1. The third kappa shape index (κ3) is 4.07. The lowest BCUT2D eigenvalue weighted by Gasteiger charge is -1.97. The van der Waals surface area contributed by atoms with Gasteiger partial charge in [-0.25, -0.2) is 14.6 Å². The van der Waals surface area contributed by atoms with E-state index in [0.29, 0.717) is 4.47 Å². The monoisotopic (exact) mass is 275 g/mol. The highest BCUT2D eigenvalue weighted by Gasteiger charge is 2.11. The zero-order chi connectivity index (χ0) is 12.0. The van der Waals surface area contributed by atoms with E-state index in [-0.39, 0.29) is 11.4 Å². The van der Waals surface area contributed by atoms with Gasteiger partial charge in [0.25, 0.3) is 0 Å². The Morgan fingerprint density at radius 2 is 1.47 bits per heavy atom. The summed E-state index contributed by atoms with van der Waals surface area (Å²) in [5, 5.41) is 17.1. The molecular formula is C9H10BrNO4. The van der Waals surface area contributed by atoms with Crippen molar-refractivity contribution >= 4 is 27.9 Å². The van der Waals surface area contributed by atoms with Crippen molar-refractivity contribution in [2.24, 2.45) is 0 Å². The van der Waals surface area contributed by atoms with Crippen LogP contribution in [0.4, 0.5) is 0 Å². The van der Waals surface area contributed by atoms with Crippen LogP contribution < -0.4 is 0 Å². The lowest BCUT2D eigenvalue weighted by Crippen LogP contribution is -2.07. The molecule has 1 heterocycles. The van der Waals surface area contributed by atoms with E-state index in [1.165, 1.54) is 12.1 Å². The van der Waals surface area contributed by atoms with Gasteiger partial charge in [0.2, 0.25) is 0 Å². The van der Waals surface area contributed by atoms with Gasteiger partial charge in [-0.05, 0) is 12.1 Å². The van der Waals surface area contributed by atoms with Crippen LogP contribution in [0, 0.1) is 0 Å². The van der Waals surface area contributed by atoms with Crippen molar-refractivity contribution in [3.63, 3.8) is 0 Å². The normalized spacial score (nSPS) is 8.73. The van der Waals surface area contributed by atoms with Crippen LogP contribution >= 0.6 is 15.9 Å². The lowest BCUT2D eigenvalue weighted by atomic mass is 10.3. The van der Waals surface area contributed by atoms with Gasteiger partial charge in [-0.1, -0.05) is 29.8 Å². The number of hydrogen-bond donors (Lipinski definition) is 2. The molecule has 1 aromatic heterocycles. The maximum Gasteiger partial charge on any atom is 0.354 e. The predicted octanol–water partition coefficient (Wildman–Crippen LogP) is 2.27. The van der Waals surface area contributed by atoms with E-state index < -0.39 is 11.9 Å². The summed E-state index contributed by atoms with van der Waals surface area (Å²) in [6, 6.07) is 2.46. The van der Waals surface area contributed by atoms with Crippen molar-refractivity contribution in [1.29, 1.82) is 0 Å². The smallest absolute Gasteiger partial charge is 0.354 e. The summed E-state index contributed by atoms with van der Waals surface area (Å²) < 4.78 is 0.373. The minimum absolute atomic E-state index is 0.299. The predicted molar refractivity (Wildman–Crippen MR) is 57.2 cm³/mol. The number of aromatic carboxylic acids is 2. The highest BCUT2D eigenvalue weighted by atomic mass is 79.9. The molecule has 0 radical (unpaired) electrons. The summed E-state index contributed by atoms with van der Waals surface area (Å²) in [6.07, 6.45) is 0. The third-order valence-corrected chi connectivity index (χ3v) is 1.69. The molecule has 0 bridgehead atoms. The Morgan fingerprint density at radius 1 is 1.13 bits per heavy atom. The quantitative estimate of drug-likeness (QED) is 0.865. The first-order chi connectivity index (χ1) is 7.00. The molecule has 15 heavy (non-hydrogen) atoms. The van der Waals surface area contributed by atoms with Crippen molar-refractivity contribution in [2.45, 2.75) is 13.8 Å². The van der Waals surface area contributed by atoms with Crippen LogP contribution in [0.1, 0.15) is 34.8 Å². The van der Waals surface area contributed by atoms with Gasteiger partial charge in [-0.2, -0.15) is 0 Å². The Bertz CT molecular complexity index is 346. The average molecular weight is 276 g/mol. The largest absolute Gasteiger partial charge is 0.477 e. The van der Waals surface area contributed by atoms with Crippen LogP contribution in [0.2, 0.25) is 0 Å². The minimum atomic E-state index is -1.26. The second-order valence-electron chi connectivity index (χ2n) is 2.17. The van der Waals surface area contributed by atoms with Gasteiger partial charge in [-0.3, -0.25) is 0 Å². The Morgan fingerprint density at radius 3 is 1.73 bits per heavy atom. The fraction of sp³-hybridized carbons (Fsp3) is 0.222. The zero-order valence-electron chi connectivity index (χ0n) is 8.19. The zero-order valence-corrected chi connectivity index (χ0v) is 9.78. The van der Waals surface area contributed by atoms with Gasteiger partial charge in [0, 0.05) is 4.47 Å². The molecule has 0 aliphatic rings. The number of carboxylic acid groups (broad SMARTS) is 2. The summed E-state index contributed by atoms with van der Waals surface area (Å²) in [6.45, 7) is 4.00. The molecule has 0 unspecified atom stereocenters. The Hall–Kier alpha value is -1.43. The summed E-state index contributed by atoms with van der Waals surface area (Å²) >= 11 is 2.98. The van der Waals surface area contributed by atoms with Crippen molar-refractivity contribution in [3.8, 4) is 0 Å². The van der Waals surface area contributed by atoms with Gasteiger partial charge in [0.05, 0.1) is 0 Å². The van der Waals surface area contributed by atoms with Gasteiger partial charge in [0.15, 0.2) is 0 Å². The second kappa shape index (κ2) is 6.13. The Labute approximate surface area is 94.9 Å². The van der Waals surface area contributed by atoms with E-state index >= 15 is 0 Å². The lowest BCUT2D eigenvalue weighted by molar-refractivity contribution is 0.0685. The Kier molecular flexibility index (Phi) is 5.54. The molecule has 2 N–H and O–H groups in total. The van der Waals surface area contributed by atoms with Gasteiger partial charge < -0.3 is 10.2 Å². The van der Waals surface area contributed by atoms with Crippen molar-refractivity contribution < 1.29 is 19.8 Å². The summed E-state index contributed by atoms with van der Waals surface area (Å²) in [4.78, 5) is 24.3. The topological polar surface area (TPSA) is 87.5 Å². The number of pyridine rings is 1. The van der Waals surface area contributed by atoms with Crippen LogP contribution in [0.5, 0.6) is 0 Å². The molecule has 6 heteroatoms. The van der Waals surface area contributed by atoms with Crippen LogP contribution in [0.15, 0.2) is 16.6 Å². The maximum absolute atomic E-state index is 10.5. The molecule has 0 fully saturated rings. The van der Waals surface area contributed by atoms with E-state index in [4.69, 9.17) is 10.2 Å². The maximum atomic E-state index is 10.5. The Balaban J connectivity index is 0.000000921. The van der Waals surface area contributed by atoms with Gasteiger partial charge in [-0.15, -0.1) is 0 Å². The fourth-order valence-electron chi connectivity index (χ4n) is 0.716. The van der Waals surface area contributed by atoms with E-state index in [2.05, 4.69) is 20.9 Å². The molecule has 0 aliphatic carbocycles. The molecule has 1 aromatic rings. The number of carboxylic acids is 2. The van der Waals surface area contributed by atoms with Gasteiger partial charge in [0.1, 0.15) is 11.4 Å². The highest BCUT2D eigenvalue weighted by molar-refractivity contribution is 9.10. The summed E-state index contributed by atoms with van der Waals surface area (Å²) in [7, 11) is 0. The number of nitrogens with zero attached hydrogens (tertiary/aromatic N) is 1. The molecule has 0 amide bonds. The third-order valence-electron chi connectivity index (χ3n) is 1.23. The summed E-state index contributed by atoms with van der Waals surface area (Å²) in [5.74, 6) is -2.52. The molecule has 82 valence electrons. The van der Waals surface area contributed by atoms with E-state index in [9.17, 15) is 9.59 Å². The number of carbonyl (C=O) groups is 2. The number of rotatable bonds is 2. The van der Waals surface area contributed by atoms with Crippen molar-refractivity contribution in [2.75, 3.05) is 0 Å². The van der Waals surface area contributed by atoms with Crippen LogP contribution in [0.25, 0.3) is 0 Å². The molecule has 0 aliphatic heterocycles. The first kappa shape index (κ1) is 13.6.